The first kappa shape index (κ1) is 12.7. The summed E-state index contributed by atoms with van der Waals surface area (Å²) in [6.07, 6.45) is 0.263. The number of primary amides is 1. The van der Waals surface area contributed by atoms with Gasteiger partial charge in [0.25, 0.3) is 5.91 Å². The Kier molecular flexibility index (Phi) is 3.43. The number of hydrogen-bond acceptors (Lipinski definition) is 4. The molecule has 0 saturated carbocycles. The summed E-state index contributed by atoms with van der Waals surface area (Å²) in [5, 5.41) is 0. The molecule has 1 heterocycles. The Bertz CT molecular complexity index is 452. The number of morpholine rings is 1. The van der Waals surface area contributed by atoms with Crippen LogP contribution in [0.25, 0.3) is 0 Å². The molecule has 1 amide bonds. The molecule has 98 valence electrons. The number of rotatable bonds is 2. The molecule has 0 bridgehead atoms. The van der Waals surface area contributed by atoms with Crippen LogP contribution in [0.3, 0.4) is 0 Å². The molecule has 1 saturated heterocycles. The highest BCUT2D eigenvalue weighted by Crippen LogP contribution is 2.26. The molecule has 5 heteroatoms. The van der Waals surface area contributed by atoms with Gasteiger partial charge in [0.05, 0.1) is 17.8 Å². The van der Waals surface area contributed by atoms with Crippen molar-refractivity contribution in [1.82, 2.24) is 0 Å². The predicted molar refractivity (Wildman–Crippen MR) is 71.6 cm³/mol. The van der Waals surface area contributed by atoms with Crippen LogP contribution < -0.4 is 16.4 Å². The average molecular weight is 249 g/mol. The Morgan fingerprint density at radius 1 is 1.33 bits per heavy atom. The molecule has 1 aromatic carbocycles. The maximum Gasteiger partial charge on any atom is 0.250 e. The lowest BCUT2D eigenvalue weighted by atomic mass is 10.1. The number of amides is 1. The smallest absolute Gasteiger partial charge is 0.250 e. The van der Waals surface area contributed by atoms with Gasteiger partial charge in [-0.25, -0.2) is 0 Å². The van der Waals surface area contributed by atoms with Crippen LogP contribution in [0.2, 0.25) is 0 Å². The summed E-state index contributed by atoms with van der Waals surface area (Å²) in [7, 11) is 0. The second-order valence-electron chi connectivity index (χ2n) is 4.80. The molecule has 0 unspecified atom stereocenters. The molecule has 2 rings (SSSR count). The average Bonchev–Trinajstić information content (AvgIpc) is 2.27. The van der Waals surface area contributed by atoms with E-state index < -0.39 is 5.91 Å². The van der Waals surface area contributed by atoms with E-state index in [4.69, 9.17) is 16.2 Å². The number of carbonyl (C=O) groups excluding carboxylic acids is 1. The number of carbonyl (C=O) groups is 1. The van der Waals surface area contributed by atoms with Gasteiger partial charge in [0.2, 0.25) is 0 Å². The predicted octanol–water partition coefficient (Wildman–Crippen LogP) is 0.981. The molecular formula is C13H19N3O2. The molecule has 0 spiro atoms. The van der Waals surface area contributed by atoms with Crippen molar-refractivity contribution in [3.05, 3.63) is 23.8 Å². The summed E-state index contributed by atoms with van der Waals surface area (Å²) in [6, 6.07) is 5.26. The van der Waals surface area contributed by atoms with Crippen molar-refractivity contribution < 1.29 is 9.53 Å². The van der Waals surface area contributed by atoms with Gasteiger partial charge in [0.15, 0.2) is 0 Å². The van der Waals surface area contributed by atoms with Crippen molar-refractivity contribution in [2.24, 2.45) is 5.73 Å². The molecule has 1 aliphatic heterocycles. The highest BCUT2D eigenvalue weighted by atomic mass is 16.5. The Morgan fingerprint density at radius 3 is 2.50 bits per heavy atom. The summed E-state index contributed by atoms with van der Waals surface area (Å²) in [5.41, 5.74) is 12.9. The first-order chi connectivity index (χ1) is 8.47. The Hall–Kier alpha value is -1.75. The van der Waals surface area contributed by atoms with Gasteiger partial charge in [-0.05, 0) is 32.0 Å². The SMILES string of the molecule is C[C@H]1CN(c2ccc(N)cc2C(N)=O)C[C@H](C)O1. The lowest BCUT2D eigenvalue weighted by Gasteiger charge is -2.37. The van der Waals surface area contributed by atoms with Gasteiger partial charge in [0.1, 0.15) is 0 Å². The van der Waals surface area contributed by atoms with E-state index in [9.17, 15) is 4.79 Å². The summed E-state index contributed by atoms with van der Waals surface area (Å²) in [6.45, 7) is 5.52. The van der Waals surface area contributed by atoms with Crippen molar-refractivity contribution in [3.8, 4) is 0 Å². The van der Waals surface area contributed by atoms with Crippen LogP contribution in [0.15, 0.2) is 18.2 Å². The van der Waals surface area contributed by atoms with E-state index in [2.05, 4.69) is 4.90 Å². The number of nitrogens with zero attached hydrogens (tertiary/aromatic N) is 1. The van der Waals surface area contributed by atoms with Crippen molar-refractivity contribution in [2.45, 2.75) is 26.1 Å². The summed E-state index contributed by atoms with van der Waals surface area (Å²) in [4.78, 5) is 13.6. The molecule has 0 aliphatic carbocycles. The van der Waals surface area contributed by atoms with E-state index in [1.54, 1.807) is 12.1 Å². The molecule has 18 heavy (non-hydrogen) atoms. The molecule has 1 aromatic rings. The fourth-order valence-corrected chi connectivity index (χ4v) is 2.40. The number of anilines is 2. The van der Waals surface area contributed by atoms with E-state index in [0.717, 1.165) is 18.8 Å². The van der Waals surface area contributed by atoms with Crippen molar-refractivity contribution in [2.75, 3.05) is 23.7 Å². The van der Waals surface area contributed by atoms with Crippen molar-refractivity contribution in [1.29, 1.82) is 0 Å². The largest absolute Gasteiger partial charge is 0.399 e. The number of hydrogen-bond donors (Lipinski definition) is 2. The normalized spacial score (nSPS) is 24.0. The van der Waals surface area contributed by atoms with Crippen LogP contribution >= 0.6 is 0 Å². The third-order valence-electron chi connectivity index (χ3n) is 3.05. The highest BCUT2D eigenvalue weighted by Gasteiger charge is 2.25. The summed E-state index contributed by atoms with van der Waals surface area (Å²) < 4.78 is 5.68. The third kappa shape index (κ3) is 2.56. The van der Waals surface area contributed by atoms with E-state index in [0.29, 0.717) is 11.3 Å². The maximum atomic E-state index is 11.5. The van der Waals surface area contributed by atoms with E-state index in [-0.39, 0.29) is 12.2 Å². The van der Waals surface area contributed by atoms with Crippen LogP contribution in [0.4, 0.5) is 11.4 Å². The van der Waals surface area contributed by atoms with Crippen LogP contribution in [0, 0.1) is 0 Å². The van der Waals surface area contributed by atoms with Crippen LogP contribution in [0.5, 0.6) is 0 Å². The number of ether oxygens (including phenoxy) is 1. The van der Waals surface area contributed by atoms with Gasteiger partial charge in [0, 0.05) is 24.5 Å². The summed E-state index contributed by atoms with van der Waals surface area (Å²) in [5.74, 6) is -0.455. The molecule has 1 aliphatic rings. The third-order valence-corrected chi connectivity index (χ3v) is 3.05. The molecule has 0 radical (unpaired) electrons. The first-order valence-electron chi connectivity index (χ1n) is 6.07. The van der Waals surface area contributed by atoms with Crippen LogP contribution in [-0.2, 0) is 4.74 Å². The Morgan fingerprint density at radius 2 is 1.94 bits per heavy atom. The zero-order valence-corrected chi connectivity index (χ0v) is 10.7. The molecule has 1 fully saturated rings. The molecule has 5 nitrogen and oxygen atoms in total. The van der Waals surface area contributed by atoms with Gasteiger partial charge in [-0.15, -0.1) is 0 Å². The number of benzene rings is 1. The minimum Gasteiger partial charge on any atom is -0.399 e. The lowest BCUT2D eigenvalue weighted by Crippen LogP contribution is -2.46. The van der Waals surface area contributed by atoms with E-state index in [1.165, 1.54) is 0 Å². The van der Waals surface area contributed by atoms with E-state index >= 15 is 0 Å². The van der Waals surface area contributed by atoms with Gasteiger partial charge >= 0.3 is 0 Å². The van der Waals surface area contributed by atoms with E-state index in [1.807, 2.05) is 19.9 Å². The first-order valence-corrected chi connectivity index (χ1v) is 6.07. The lowest BCUT2D eigenvalue weighted by molar-refractivity contribution is -0.00526. The van der Waals surface area contributed by atoms with Gasteiger partial charge in [-0.2, -0.15) is 0 Å². The zero-order valence-electron chi connectivity index (χ0n) is 10.7. The monoisotopic (exact) mass is 249 g/mol. The molecule has 0 aromatic heterocycles. The molecule has 4 N–H and O–H groups in total. The maximum absolute atomic E-state index is 11.5. The second-order valence-corrected chi connectivity index (χ2v) is 4.80. The minimum absolute atomic E-state index is 0.132. The second kappa shape index (κ2) is 4.86. The Balaban J connectivity index is 2.35. The molecule has 2 atom stereocenters. The highest BCUT2D eigenvalue weighted by molar-refractivity contribution is 5.99. The number of nitrogens with two attached hydrogens (primary N) is 2. The topological polar surface area (TPSA) is 81.6 Å². The van der Waals surface area contributed by atoms with Crippen molar-refractivity contribution >= 4 is 17.3 Å². The zero-order chi connectivity index (χ0) is 13.3. The van der Waals surface area contributed by atoms with Gasteiger partial charge in [-0.1, -0.05) is 0 Å². The molecular weight excluding hydrogens is 230 g/mol. The summed E-state index contributed by atoms with van der Waals surface area (Å²) >= 11 is 0. The fraction of sp³-hybridized carbons (Fsp3) is 0.462. The quantitative estimate of drug-likeness (QED) is 0.765. The van der Waals surface area contributed by atoms with Crippen LogP contribution in [0.1, 0.15) is 24.2 Å². The number of nitrogen functional groups attached to an aromatic ring is 1. The van der Waals surface area contributed by atoms with Gasteiger partial charge in [-0.3, -0.25) is 4.79 Å². The van der Waals surface area contributed by atoms with Gasteiger partial charge < -0.3 is 21.1 Å². The van der Waals surface area contributed by atoms with Crippen LogP contribution in [-0.4, -0.2) is 31.2 Å². The minimum atomic E-state index is -0.455. The Labute approximate surface area is 107 Å². The fourth-order valence-electron chi connectivity index (χ4n) is 2.40. The standard InChI is InChI=1S/C13H19N3O2/c1-8-6-16(7-9(2)18-8)12-4-3-10(14)5-11(12)13(15)17/h3-5,8-9H,6-7,14H2,1-2H3,(H2,15,17)/t8-,9-/m0/s1. The van der Waals surface area contributed by atoms with Crippen molar-refractivity contribution in [3.63, 3.8) is 0 Å².